The standard InChI is InChI=1S/C15H25NO3/c1-5-10-16(11-13(17)19-6-2)14(18)12-8-7-9-15(12,3)4/h5,12H,1,6-11H2,2-4H3. The van der Waals surface area contributed by atoms with Crippen molar-refractivity contribution in [3.63, 3.8) is 0 Å². The van der Waals surface area contributed by atoms with E-state index >= 15 is 0 Å². The SMILES string of the molecule is C=CCN(CC(=O)OCC)C(=O)C1CCCC1(C)C. The van der Waals surface area contributed by atoms with E-state index < -0.39 is 0 Å². The molecule has 19 heavy (non-hydrogen) atoms. The Bertz CT molecular complexity index is 349. The van der Waals surface area contributed by atoms with Gasteiger partial charge in [0.2, 0.25) is 5.91 Å². The molecule has 1 saturated carbocycles. The van der Waals surface area contributed by atoms with Crippen LogP contribution in [-0.4, -0.2) is 36.5 Å². The third-order valence-corrected chi connectivity index (χ3v) is 3.84. The third kappa shape index (κ3) is 4.08. The lowest BCUT2D eigenvalue weighted by Crippen LogP contribution is -2.43. The van der Waals surface area contributed by atoms with Gasteiger partial charge in [0.15, 0.2) is 0 Å². The first kappa shape index (κ1) is 15.7. The Kier molecular flexibility index (Phi) is 5.58. The summed E-state index contributed by atoms with van der Waals surface area (Å²) in [6, 6.07) is 0. The second kappa shape index (κ2) is 6.73. The Hall–Kier alpha value is -1.32. The molecule has 1 unspecified atom stereocenters. The van der Waals surface area contributed by atoms with Crippen molar-refractivity contribution in [3.8, 4) is 0 Å². The fraction of sp³-hybridized carbons (Fsp3) is 0.733. The zero-order valence-corrected chi connectivity index (χ0v) is 12.3. The molecule has 0 aromatic heterocycles. The lowest BCUT2D eigenvalue weighted by Gasteiger charge is -2.31. The van der Waals surface area contributed by atoms with E-state index in [1.807, 2.05) is 0 Å². The van der Waals surface area contributed by atoms with Crippen molar-refractivity contribution in [2.75, 3.05) is 19.7 Å². The first-order valence-corrected chi connectivity index (χ1v) is 6.97. The fourth-order valence-electron chi connectivity index (χ4n) is 2.76. The number of carbonyl (C=O) groups is 2. The van der Waals surface area contributed by atoms with E-state index in [-0.39, 0.29) is 29.8 Å². The second-order valence-electron chi connectivity index (χ2n) is 5.75. The molecule has 4 heteroatoms. The molecule has 0 radical (unpaired) electrons. The maximum Gasteiger partial charge on any atom is 0.325 e. The van der Waals surface area contributed by atoms with Crippen molar-refractivity contribution in [2.24, 2.45) is 11.3 Å². The van der Waals surface area contributed by atoms with Crippen LogP contribution in [0.2, 0.25) is 0 Å². The number of hydrogen-bond acceptors (Lipinski definition) is 3. The molecule has 0 N–H and O–H groups in total. The normalized spacial score (nSPS) is 20.9. The van der Waals surface area contributed by atoms with Crippen molar-refractivity contribution in [1.82, 2.24) is 4.90 Å². The number of nitrogens with zero attached hydrogens (tertiary/aromatic N) is 1. The van der Waals surface area contributed by atoms with Gasteiger partial charge in [-0.3, -0.25) is 9.59 Å². The number of amides is 1. The van der Waals surface area contributed by atoms with Gasteiger partial charge in [0.1, 0.15) is 6.54 Å². The van der Waals surface area contributed by atoms with Crippen LogP contribution in [0.5, 0.6) is 0 Å². The van der Waals surface area contributed by atoms with E-state index in [9.17, 15) is 9.59 Å². The van der Waals surface area contributed by atoms with Crippen LogP contribution < -0.4 is 0 Å². The van der Waals surface area contributed by atoms with Gasteiger partial charge >= 0.3 is 5.97 Å². The molecule has 0 spiro atoms. The van der Waals surface area contributed by atoms with Crippen LogP contribution in [0.25, 0.3) is 0 Å². The third-order valence-electron chi connectivity index (χ3n) is 3.84. The summed E-state index contributed by atoms with van der Waals surface area (Å²) in [5, 5.41) is 0. The number of esters is 1. The van der Waals surface area contributed by atoms with Crippen LogP contribution in [0.4, 0.5) is 0 Å². The summed E-state index contributed by atoms with van der Waals surface area (Å²) < 4.78 is 4.92. The summed E-state index contributed by atoms with van der Waals surface area (Å²) in [6.45, 7) is 10.4. The summed E-state index contributed by atoms with van der Waals surface area (Å²) in [5.74, 6) is -0.300. The summed E-state index contributed by atoms with van der Waals surface area (Å²) in [4.78, 5) is 25.7. The number of hydrogen-bond donors (Lipinski definition) is 0. The average Bonchev–Trinajstić information content (AvgIpc) is 2.68. The Balaban J connectivity index is 2.72. The van der Waals surface area contributed by atoms with Gasteiger partial charge in [-0.25, -0.2) is 0 Å². The predicted molar refractivity (Wildman–Crippen MR) is 74.5 cm³/mol. The van der Waals surface area contributed by atoms with Crippen molar-refractivity contribution in [3.05, 3.63) is 12.7 Å². The number of ether oxygens (including phenoxy) is 1. The molecule has 4 nitrogen and oxygen atoms in total. The van der Waals surface area contributed by atoms with E-state index in [4.69, 9.17) is 4.74 Å². The van der Waals surface area contributed by atoms with Gasteiger partial charge in [-0.15, -0.1) is 6.58 Å². The Morgan fingerprint density at radius 3 is 2.63 bits per heavy atom. The molecular formula is C15H25NO3. The van der Waals surface area contributed by atoms with Crippen LogP contribution in [0, 0.1) is 11.3 Å². The fourth-order valence-corrected chi connectivity index (χ4v) is 2.76. The quantitative estimate of drug-likeness (QED) is 0.548. The molecule has 0 aromatic rings. The lowest BCUT2D eigenvalue weighted by atomic mass is 9.81. The highest BCUT2D eigenvalue weighted by molar-refractivity contribution is 5.84. The summed E-state index contributed by atoms with van der Waals surface area (Å²) in [7, 11) is 0. The van der Waals surface area contributed by atoms with Crippen molar-refractivity contribution in [2.45, 2.75) is 40.0 Å². The highest BCUT2D eigenvalue weighted by atomic mass is 16.5. The Labute approximate surface area is 115 Å². The Morgan fingerprint density at radius 2 is 2.16 bits per heavy atom. The average molecular weight is 267 g/mol. The summed E-state index contributed by atoms with van der Waals surface area (Å²) in [6.07, 6.45) is 4.69. The van der Waals surface area contributed by atoms with Crippen LogP contribution in [-0.2, 0) is 14.3 Å². The molecule has 1 amide bonds. The van der Waals surface area contributed by atoms with E-state index in [1.54, 1.807) is 17.9 Å². The molecule has 108 valence electrons. The van der Waals surface area contributed by atoms with Gasteiger partial charge in [0.25, 0.3) is 0 Å². The second-order valence-corrected chi connectivity index (χ2v) is 5.75. The first-order valence-electron chi connectivity index (χ1n) is 6.97. The minimum Gasteiger partial charge on any atom is -0.465 e. The van der Waals surface area contributed by atoms with Gasteiger partial charge in [-0.1, -0.05) is 26.3 Å². The van der Waals surface area contributed by atoms with Gasteiger partial charge in [0.05, 0.1) is 6.61 Å². The highest BCUT2D eigenvalue weighted by Crippen LogP contribution is 2.43. The molecule has 0 heterocycles. The lowest BCUT2D eigenvalue weighted by molar-refractivity contribution is -0.151. The monoisotopic (exact) mass is 267 g/mol. The van der Waals surface area contributed by atoms with E-state index in [0.29, 0.717) is 13.2 Å². The van der Waals surface area contributed by atoms with Crippen LogP contribution >= 0.6 is 0 Å². The number of rotatable bonds is 6. The molecule has 1 fully saturated rings. The van der Waals surface area contributed by atoms with Crippen LogP contribution in [0.1, 0.15) is 40.0 Å². The van der Waals surface area contributed by atoms with Crippen molar-refractivity contribution >= 4 is 11.9 Å². The summed E-state index contributed by atoms with van der Waals surface area (Å²) >= 11 is 0. The van der Waals surface area contributed by atoms with Crippen molar-refractivity contribution in [1.29, 1.82) is 0 Å². The van der Waals surface area contributed by atoms with Crippen molar-refractivity contribution < 1.29 is 14.3 Å². The van der Waals surface area contributed by atoms with Gasteiger partial charge in [-0.05, 0) is 25.2 Å². The predicted octanol–water partition coefficient (Wildman–Crippen LogP) is 2.39. The molecule has 1 aliphatic rings. The molecule has 1 atom stereocenters. The molecular weight excluding hydrogens is 242 g/mol. The molecule has 1 aliphatic carbocycles. The summed E-state index contributed by atoms with van der Waals surface area (Å²) in [5.41, 5.74) is 0.0190. The zero-order chi connectivity index (χ0) is 14.5. The number of carbonyl (C=O) groups excluding carboxylic acids is 2. The smallest absolute Gasteiger partial charge is 0.325 e. The largest absolute Gasteiger partial charge is 0.465 e. The maximum atomic E-state index is 12.6. The van der Waals surface area contributed by atoms with Gasteiger partial charge in [0, 0.05) is 12.5 Å². The van der Waals surface area contributed by atoms with Crippen LogP contribution in [0.3, 0.4) is 0 Å². The topological polar surface area (TPSA) is 46.6 Å². The molecule has 1 rings (SSSR count). The maximum absolute atomic E-state index is 12.6. The molecule has 0 aliphatic heterocycles. The molecule has 0 saturated heterocycles. The van der Waals surface area contributed by atoms with E-state index in [0.717, 1.165) is 19.3 Å². The minimum atomic E-state index is -0.353. The van der Waals surface area contributed by atoms with Gasteiger partial charge in [-0.2, -0.15) is 0 Å². The molecule has 0 bridgehead atoms. The van der Waals surface area contributed by atoms with E-state index in [1.165, 1.54) is 0 Å². The highest BCUT2D eigenvalue weighted by Gasteiger charge is 2.41. The van der Waals surface area contributed by atoms with Crippen LogP contribution in [0.15, 0.2) is 12.7 Å². The first-order chi connectivity index (χ1) is 8.92. The Morgan fingerprint density at radius 1 is 1.47 bits per heavy atom. The zero-order valence-electron chi connectivity index (χ0n) is 12.3. The van der Waals surface area contributed by atoms with Gasteiger partial charge < -0.3 is 9.64 Å². The van der Waals surface area contributed by atoms with E-state index in [2.05, 4.69) is 20.4 Å². The molecule has 0 aromatic carbocycles. The minimum absolute atomic E-state index is 0.00174.